The molecule has 0 aliphatic rings. The Hall–Kier alpha value is -2.03. The van der Waals surface area contributed by atoms with Crippen molar-refractivity contribution < 1.29 is 4.74 Å². The molecule has 0 saturated heterocycles. The fourth-order valence-electron chi connectivity index (χ4n) is 2.50. The first kappa shape index (κ1) is 17.0. The SMILES string of the molecule is CC=Cc1cccc(/C(C)=C/C(CC)/C(=N/N)OC)c1C. The van der Waals surface area contributed by atoms with Crippen LogP contribution < -0.4 is 5.84 Å². The van der Waals surface area contributed by atoms with Crippen LogP contribution in [-0.4, -0.2) is 13.0 Å². The molecule has 3 heteroatoms. The Bertz CT molecular complexity index is 556. The molecular weight excluding hydrogens is 260 g/mol. The number of hydrogen-bond acceptors (Lipinski definition) is 3. The van der Waals surface area contributed by atoms with E-state index in [0.29, 0.717) is 5.90 Å². The molecule has 1 aromatic rings. The Balaban J connectivity index is 3.21. The largest absolute Gasteiger partial charge is 0.483 e. The lowest BCUT2D eigenvalue weighted by Crippen LogP contribution is -2.16. The highest BCUT2D eigenvalue weighted by Crippen LogP contribution is 2.25. The van der Waals surface area contributed by atoms with Gasteiger partial charge in [-0.2, -0.15) is 0 Å². The summed E-state index contributed by atoms with van der Waals surface area (Å²) in [5, 5.41) is 3.73. The molecule has 0 aromatic heterocycles. The summed E-state index contributed by atoms with van der Waals surface area (Å²) in [5.41, 5.74) is 4.98. The molecule has 0 spiro atoms. The van der Waals surface area contributed by atoms with Gasteiger partial charge in [-0.25, -0.2) is 0 Å². The molecular formula is C18H26N2O. The molecule has 0 bridgehead atoms. The van der Waals surface area contributed by atoms with E-state index in [-0.39, 0.29) is 5.92 Å². The summed E-state index contributed by atoms with van der Waals surface area (Å²) in [6, 6.07) is 6.36. The number of hydrazone groups is 1. The van der Waals surface area contributed by atoms with Crippen LogP contribution >= 0.6 is 0 Å². The molecule has 0 amide bonds. The molecule has 0 aliphatic heterocycles. The average molecular weight is 286 g/mol. The summed E-state index contributed by atoms with van der Waals surface area (Å²) in [6.45, 7) is 8.40. The molecule has 1 rings (SSSR count). The highest BCUT2D eigenvalue weighted by Gasteiger charge is 2.13. The first-order valence-electron chi connectivity index (χ1n) is 7.31. The van der Waals surface area contributed by atoms with E-state index in [1.165, 1.54) is 22.3 Å². The Morgan fingerprint density at radius 3 is 2.67 bits per heavy atom. The Morgan fingerprint density at radius 1 is 1.43 bits per heavy atom. The lowest BCUT2D eigenvalue weighted by molar-refractivity contribution is 0.373. The van der Waals surface area contributed by atoms with E-state index in [2.05, 4.69) is 62.3 Å². The van der Waals surface area contributed by atoms with Crippen LogP contribution in [0.3, 0.4) is 0 Å². The van der Waals surface area contributed by atoms with Crippen LogP contribution in [0.15, 0.2) is 35.5 Å². The van der Waals surface area contributed by atoms with E-state index in [4.69, 9.17) is 10.6 Å². The maximum Gasteiger partial charge on any atom is 0.212 e. The van der Waals surface area contributed by atoms with Gasteiger partial charge in [0.1, 0.15) is 0 Å². The topological polar surface area (TPSA) is 47.6 Å². The van der Waals surface area contributed by atoms with Crippen molar-refractivity contribution in [3.8, 4) is 0 Å². The van der Waals surface area contributed by atoms with Crippen LogP contribution in [-0.2, 0) is 4.74 Å². The zero-order valence-corrected chi connectivity index (χ0v) is 13.7. The van der Waals surface area contributed by atoms with Gasteiger partial charge in [-0.05, 0) is 49.5 Å². The van der Waals surface area contributed by atoms with Gasteiger partial charge in [0.25, 0.3) is 0 Å². The van der Waals surface area contributed by atoms with Crippen molar-refractivity contribution in [1.82, 2.24) is 0 Å². The van der Waals surface area contributed by atoms with Gasteiger partial charge in [-0.1, -0.05) is 43.4 Å². The van der Waals surface area contributed by atoms with Crippen molar-refractivity contribution in [3.05, 3.63) is 47.0 Å². The molecule has 1 aromatic carbocycles. The highest BCUT2D eigenvalue weighted by molar-refractivity contribution is 5.83. The lowest BCUT2D eigenvalue weighted by atomic mass is 9.93. The second kappa shape index (κ2) is 8.30. The van der Waals surface area contributed by atoms with Gasteiger partial charge in [0.15, 0.2) is 0 Å². The quantitative estimate of drug-likeness (QED) is 0.378. The van der Waals surface area contributed by atoms with Gasteiger partial charge < -0.3 is 10.6 Å². The van der Waals surface area contributed by atoms with Gasteiger partial charge in [0, 0.05) is 0 Å². The zero-order valence-electron chi connectivity index (χ0n) is 13.7. The molecule has 3 nitrogen and oxygen atoms in total. The van der Waals surface area contributed by atoms with Crippen LogP contribution in [0, 0.1) is 12.8 Å². The molecule has 0 radical (unpaired) electrons. The van der Waals surface area contributed by atoms with Crippen LogP contribution in [0.5, 0.6) is 0 Å². The molecule has 21 heavy (non-hydrogen) atoms. The van der Waals surface area contributed by atoms with E-state index in [9.17, 15) is 0 Å². The van der Waals surface area contributed by atoms with Crippen molar-refractivity contribution in [3.63, 3.8) is 0 Å². The molecule has 1 unspecified atom stereocenters. The maximum atomic E-state index is 5.39. The summed E-state index contributed by atoms with van der Waals surface area (Å²) >= 11 is 0. The first-order valence-corrected chi connectivity index (χ1v) is 7.31. The number of nitrogens with zero attached hydrogens (tertiary/aromatic N) is 1. The summed E-state index contributed by atoms with van der Waals surface area (Å²) < 4.78 is 5.25. The summed E-state index contributed by atoms with van der Waals surface area (Å²) in [7, 11) is 1.61. The van der Waals surface area contributed by atoms with Gasteiger partial charge in [-0.3, -0.25) is 0 Å². The van der Waals surface area contributed by atoms with E-state index in [0.717, 1.165) is 6.42 Å². The van der Waals surface area contributed by atoms with Crippen molar-refractivity contribution in [2.75, 3.05) is 7.11 Å². The predicted molar refractivity (Wildman–Crippen MR) is 92.0 cm³/mol. The second-order valence-electron chi connectivity index (χ2n) is 5.06. The minimum atomic E-state index is 0.102. The molecule has 0 heterocycles. The monoisotopic (exact) mass is 286 g/mol. The van der Waals surface area contributed by atoms with Crippen molar-refractivity contribution in [2.24, 2.45) is 16.9 Å². The number of methoxy groups -OCH3 is 1. The van der Waals surface area contributed by atoms with Gasteiger partial charge in [-0.15, -0.1) is 5.10 Å². The average Bonchev–Trinajstić information content (AvgIpc) is 2.49. The second-order valence-corrected chi connectivity index (χ2v) is 5.06. The van der Waals surface area contributed by atoms with E-state index in [1.54, 1.807) is 7.11 Å². The summed E-state index contributed by atoms with van der Waals surface area (Å²) in [5.74, 6) is 6.06. The van der Waals surface area contributed by atoms with Gasteiger partial charge in [0.2, 0.25) is 5.90 Å². The minimum Gasteiger partial charge on any atom is -0.483 e. The smallest absolute Gasteiger partial charge is 0.212 e. The third-order valence-corrected chi connectivity index (χ3v) is 3.69. The first-order chi connectivity index (χ1) is 10.1. The normalized spacial score (nSPS) is 14.5. The molecule has 0 aliphatic carbocycles. The van der Waals surface area contributed by atoms with Gasteiger partial charge in [0.05, 0.1) is 13.0 Å². The number of nitrogens with two attached hydrogens (primary N) is 1. The zero-order chi connectivity index (χ0) is 15.8. The fraction of sp³-hybridized carbons (Fsp3) is 0.389. The number of allylic oxidation sites excluding steroid dienone is 2. The Kier molecular flexibility index (Phi) is 6.73. The third kappa shape index (κ3) is 4.22. The molecule has 0 fully saturated rings. The number of rotatable bonds is 5. The lowest BCUT2D eigenvalue weighted by Gasteiger charge is -2.15. The fourth-order valence-corrected chi connectivity index (χ4v) is 2.50. The summed E-state index contributed by atoms with van der Waals surface area (Å²) in [6.07, 6.45) is 7.27. The van der Waals surface area contributed by atoms with Crippen LogP contribution in [0.25, 0.3) is 11.6 Å². The number of hydrogen-bond donors (Lipinski definition) is 1. The van der Waals surface area contributed by atoms with Crippen LogP contribution in [0.2, 0.25) is 0 Å². The molecule has 114 valence electrons. The number of benzene rings is 1. The van der Waals surface area contributed by atoms with Gasteiger partial charge >= 0.3 is 0 Å². The van der Waals surface area contributed by atoms with E-state index in [1.807, 2.05) is 6.92 Å². The minimum absolute atomic E-state index is 0.102. The van der Waals surface area contributed by atoms with E-state index >= 15 is 0 Å². The van der Waals surface area contributed by atoms with Crippen LogP contribution in [0.4, 0.5) is 0 Å². The van der Waals surface area contributed by atoms with Crippen LogP contribution in [0.1, 0.15) is 43.9 Å². The molecule has 1 atom stereocenters. The third-order valence-electron chi connectivity index (χ3n) is 3.69. The van der Waals surface area contributed by atoms with Crippen molar-refractivity contribution in [2.45, 2.75) is 34.1 Å². The van der Waals surface area contributed by atoms with Crippen molar-refractivity contribution >= 4 is 17.5 Å². The molecule has 0 saturated carbocycles. The van der Waals surface area contributed by atoms with E-state index < -0.39 is 0 Å². The maximum absolute atomic E-state index is 5.39. The predicted octanol–water partition coefficient (Wildman–Crippen LogP) is 4.38. The summed E-state index contributed by atoms with van der Waals surface area (Å²) in [4.78, 5) is 0. The Morgan fingerprint density at radius 2 is 2.14 bits per heavy atom. The van der Waals surface area contributed by atoms with Crippen molar-refractivity contribution in [1.29, 1.82) is 0 Å². The Labute approximate surface area is 128 Å². The molecule has 2 N–H and O–H groups in total. The standard InChI is InChI=1S/C18H26N2O/c1-6-9-16-10-8-11-17(14(16)4)13(3)12-15(7-2)18(20-19)21-5/h6,8-12,15H,7,19H2,1-5H3/b9-6?,13-12+,20-18-. The number of ether oxygens (including phenoxy) is 1. The highest BCUT2D eigenvalue weighted by atomic mass is 16.5.